The number of alkyl halides is 3. The Morgan fingerprint density at radius 3 is 2.57 bits per heavy atom. The number of ether oxygens (including phenoxy) is 1. The van der Waals surface area contributed by atoms with E-state index in [0.29, 0.717) is 13.2 Å². The standard InChI is InChI=1S/C19H18F3N3O3/c20-19(21,22)16-8-7-12(10-23-16)17(26)25-15-6-2-1-5-14(15)18(27)24-11-13-4-3-9-28-13/h1-2,5-8,10,13H,3-4,9,11H2,(H,24,27)(H,25,26). The summed E-state index contributed by atoms with van der Waals surface area (Å²) in [7, 11) is 0. The topological polar surface area (TPSA) is 80.3 Å². The Bertz CT molecular complexity index is 847. The highest BCUT2D eigenvalue weighted by molar-refractivity contribution is 6.08. The zero-order valence-electron chi connectivity index (χ0n) is 14.8. The lowest BCUT2D eigenvalue weighted by atomic mass is 10.1. The van der Waals surface area contributed by atoms with Crippen LogP contribution in [0.2, 0.25) is 0 Å². The van der Waals surface area contributed by atoms with E-state index in [1.165, 1.54) is 6.07 Å². The number of amides is 2. The number of benzene rings is 1. The van der Waals surface area contributed by atoms with Gasteiger partial charge >= 0.3 is 6.18 Å². The molecule has 9 heteroatoms. The number of carbonyl (C=O) groups is 2. The van der Waals surface area contributed by atoms with Crippen LogP contribution >= 0.6 is 0 Å². The van der Waals surface area contributed by atoms with Gasteiger partial charge in [0.05, 0.1) is 22.9 Å². The highest BCUT2D eigenvalue weighted by Crippen LogP contribution is 2.27. The summed E-state index contributed by atoms with van der Waals surface area (Å²) in [4.78, 5) is 28.0. The van der Waals surface area contributed by atoms with Gasteiger partial charge < -0.3 is 15.4 Å². The lowest BCUT2D eigenvalue weighted by Crippen LogP contribution is -2.32. The first-order chi connectivity index (χ1) is 13.3. The zero-order valence-corrected chi connectivity index (χ0v) is 14.8. The fraction of sp³-hybridized carbons (Fsp3) is 0.316. The van der Waals surface area contributed by atoms with Crippen LogP contribution in [0.4, 0.5) is 18.9 Å². The number of para-hydroxylation sites is 1. The van der Waals surface area contributed by atoms with Gasteiger partial charge in [0, 0.05) is 19.3 Å². The number of hydrogen-bond donors (Lipinski definition) is 2. The Balaban J connectivity index is 1.68. The Morgan fingerprint density at radius 1 is 1.14 bits per heavy atom. The summed E-state index contributed by atoms with van der Waals surface area (Å²) in [5.41, 5.74) is -0.647. The molecular formula is C19H18F3N3O3. The van der Waals surface area contributed by atoms with Crippen molar-refractivity contribution in [1.29, 1.82) is 0 Å². The number of anilines is 1. The van der Waals surface area contributed by atoms with E-state index in [1.54, 1.807) is 18.2 Å². The predicted molar refractivity (Wildman–Crippen MR) is 94.9 cm³/mol. The molecule has 6 nitrogen and oxygen atoms in total. The van der Waals surface area contributed by atoms with Gasteiger partial charge in [-0.1, -0.05) is 12.1 Å². The van der Waals surface area contributed by atoms with Gasteiger partial charge in [0.15, 0.2) is 0 Å². The molecule has 2 aromatic rings. The van der Waals surface area contributed by atoms with E-state index >= 15 is 0 Å². The number of rotatable bonds is 5. The quantitative estimate of drug-likeness (QED) is 0.817. The average molecular weight is 393 g/mol. The second-order valence-electron chi connectivity index (χ2n) is 6.27. The Labute approximate surface area is 159 Å². The maximum absolute atomic E-state index is 12.6. The van der Waals surface area contributed by atoms with Crippen LogP contribution in [0.15, 0.2) is 42.6 Å². The summed E-state index contributed by atoms with van der Waals surface area (Å²) in [5.74, 6) is -1.04. The van der Waals surface area contributed by atoms with E-state index in [4.69, 9.17) is 4.74 Å². The molecule has 1 aliphatic rings. The number of nitrogens with one attached hydrogen (secondary N) is 2. The van der Waals surface area contributed by atoms with Crippen LogP contribution in [0.3, 0.4) is 0 Å². The minimum atomic E-state index is -4.58. The van der Waals surface area contributed by atoms with Crippen LogP contribution < -0.4 is 10.6 Å². The summed E-state index contributed by atoms with van der Waals surface area (Å²) in [6.45, 7) is 1.04. The number of halogens is 3. The molecule has 0 saturated carbocycles. The van der Waals surface area contributed by atoms with E-state index in [1.807, 2.05) is 0 Å². The molecule has 1 aromatic heterocycles. The van der Waals surface area contributed by atoms with Crippen molar-refractivity contribution in [1.82, 2.24) is 10.3 Å². The molecule has 28 heavy (non-hydrogen) atoms. The van der Waals surface area contributed by atoms with E-state index in [0.717, 1.165) is 31.2 Å². The highest BCUT2D eigenvalue weighted by atomic mass is 19.4. The van der Waals surface area contributed by atoms with Crippen molar-refractivity contribution in [3.05, 3.63) is 59.4 Å². The molecule has 2 N–H and O–H groups in total. The number of hydrogen-bond acceptors (Lipinski definition) is 4. The van der Waals surface area contributed by atoms with Crippen molar-refractivity contribution in [2.75, 3.05) is 18.5 Å². The fourth-order valence-corrected chi connectivity index (χ4v) is 2.79. The van der Waals surface area contributed by atoms with Crippen LogP contribution in [0.25, 0.3) is 0 Å². The maximum atomic E-state index is 12.6. The summed E-state index contributed by atoms with van der Waals surface area (Å²) in [5, 5.41) is 5.31. The summed E-state index contributed by atoms with van der Waals surface area (Å²) in [6.07, 6.45) is -1.93. The van der Waals surface area contributed by atoms with Gasteiger partial charge in [-0.05, 0) is 37.1 Å². The van der Waals surface area contributed by atoms with Crippen LogP contribution in [0.1, 0.15) is 39.3 Å². The van der Waals surface area contributed by atoms with Gasteiger partial charge in [-0.15, -0.1) is 0 Å². The van der Waals surface area contributed by atoms with Gasteiger partial charge in [-0.25, -0.2) is 0 Å². The smallest absolute Gasteiger partial charge is 0.376 e. The number of pyridine rings is 1. The first-order valence-corrected chi connectivity index (χ1v) is 8.68. The minimum Gasteiger partial charge on any atom is -0.376 e. The predicted octanol–water partition coefficient (Wildman–Crippen LogP) is 3.26. The van der Waals surface area contributed by atoms with Crippen molar-refractivity contribution < 1.29 is 27.5 Å². The third-order valence-corrected chi connectivity index (χ3v) is 4.25. The van der Waals surface area contributed by atoms with Crippen molar-refractivity contribution in [2.24, 2.45) is 0 Å². The first-order valence-electron chi connectivity index (χ1n) is 8.68. The number of carbonyl (C=O) groups excluding carboxylic acids is 2. The van der Waals surface area contributed by atoms with Gasteiger partial charge in [0.1, 0.15) is 5.69 Å². The lowest BCUT2D eigenvalue weighted by molar-refractivity contribution is -0.141. The Kier molecular flexibility index (Phi) is 5.93. The van der Waals surface area contributed by atoms with Gasteiger partial charge in [-0.3, -0.25) is 14.6 Å². The summed E-state index contributed by atoms with van der Waals surface area (Å²) >= 11 is 0. The molecule has 3 rings (SSSR count). The van der Waals surface area contributed by atoms with Crippen LogP contribution in [0.5, 0.6) is 0 Å². The molecule has 1 atom stereocenters. The molecule has 0 aliphatic carbocycles. The first kappa shape index (κ1) is 19.8. The van der Waals surface area contributed by atoms with E-state index in [2.05, 4.69) is 15.6 Å². The number of aromatic nitrogens is 1. The molecule has 0 radical (unpaired) electrons. The minimum absolute atomic E-state index is 0.0241. The maximum Gasteiger partial charge on any atom is 0.433 e. The molecule has 1 aliphatic heterocycles. The third kappa shape index (κ3) is 4.86. The molecule has 0 bridgehead atoms. The van der Waals surface area contributed by atoms with Gasteiger partial charge in [-0.2, -0.15) is 13.2 Å². The SMILES string of the molecule is O=C(Nc1ccccc1C(=O)NCC1CCCO1)c1ccc(C(F)(F)F)nc1. The zero-order chi connectivity index (χ0) is 20.1. The number of nitrogens with zero attached hydrogens (tertiary/aromatic N) is 1. The highest BCUT2D eigenvalue weighted by Gasteiger charge is 2.32. The summed E-state index contributed by atoms with van der Waals surface area (Å²) in [6, 6.07) is 8.13. The molecule has 2 heterocycles. The van der Waals surface area contributed by atoms with E-state index in [-0.39, 0.29) is 28.8 Å². The normalized spacial score (nSPS) is 16.6. The van der Waals surface area contributed by atoms with Crippen LogP contribution in [-0.4, -0.2) is 36.1 Å². The van der Waals surface area contributed by atoms with Crippen molar-refractivity contribution in [3.8, 4) is 0 Å². The molecule has 1 fully saturated rings. The largest absolute Gasteiger partial charge is 0.433 e. The third-order valence-electron chi connectivity index (χ3n) is 4.25. The molecular weight excluding hydrogens is 375 g/mol. The van der Waals surface area contributed by atoms with E-state index < -0.39 is 17.8 Å². The van der Waals surface area contributed by atoms with Crippen molar-refractivity contribution in [3.63, 3.8) is 0 Å². The van der Waals surface area contributed by atoms with Gasteiger partial charge in [0.2, 0.25) is 0 Å². The van der Waals surface area contributed by atoms with Crippen molar-refractivity contribution >= 4 is 17.5 Å². The van der Waals surface area contributed by atoms with Crippen molar-refractivity contribution in [2.45, 2.75) is 25.1 Å². The van der Waals surface area contributed by atoms with Gasteiger partial charge in [0.25, 0.3) is 11.8 Å². The molecule has 1 aromatic carbocycles. The average Bonchev–Trinajstić information content (AvgIpc) is 3.19. The lowest BCUT2D eigenvalue weighted by Gasteiger charge is -2.14. The Morgan fingerprint density at radius 2 is 1.93 bits per heavy atom. The molecule has 1 unspecified atom stereocenters. The fourth-order valence-electron chi connectivity index (χ4n) is 2.79. The molecule has 0 spiro atoms. The van der Waals surface area contributed by atoms with E-state index in [9.17, 15) is 22.8 Å². The Hall–Kier alpha value is -2.94. The van der Waals surface area contributed by atoms with Crippen LogP contribution in [-0.2, 0) is 10.9 Å². The summed E-state index contributed by atoms with van der Waals surface area (Å²) < 4.78 is 43.2. The second-order valence-corrected chi connectivity index (χ2v) is 6.27. The second kappa shape index (κ2) is 8.39. The molecule has 2 amide bonds. The molecule has 148 valence electrons. The van der Waals surface area contributed by atoms with Crippen LogP contribution in [0, 0.1) is 0 Å². The monoisotopic (exact) mass is 393 g/mol. The molecule has 1 saturated heterocycles.